The molecular weight excluding hydrogens is 458 g/mol. The van der Waals surface area contributed by atoms with Crippen molar-refractivity contribution in [3.63, 3.8) is 0 Å². The molecule has 0 atom stereocenters. The van der Waals surface area contributed by atoms with E-state index in [0.717, 1.165) is 76.5 Å². The normalized spacial score (nSPS) is 13.4. The van der Waals surface area contributed by atoms with E-state index >= 15 is 0 Å². The maximum atomic E-state index is 4.40. The lowest BCUT2D eigenvalue weighted by Crippen LogP contribution is -2.44. The van der Waals surface area contributed by atoms with Gasteiger partial charge in [-0.3, -0.25) is 4.98 Å². The summed E-state index contributed by atoms with van der Waals surface area (Å²) < 4.78 is 0. The predicted octanol–water partition coefficient (Wildman–Crippen LogP) is 5.01. The van der Waals surface area contributed by atoms with Crippen LogP contribution in [0, 0.1) is 0 Å². The van der Waals surface area contributed by atoms with Crippen LogP contribution in [0.2, 0.25) is 0 Å². The van der Waals surface area contributed by atoms with Crippen LogP contribution in [0.1, 0.15) is 11.1 Å². The van der Waals surface area contributed by atoms with E-state index in [1.807, 2.05) is 57.1 Å². The molecule has 190 valence electrons. The van der Waals surface area contributed by atoms with Gasteiger partial charge in [0.2, 0.25) is 0 Å². The predicted molar refractivity (Wildman–Crippen MR) is 157 cm³/mol. The lowest BCUT2D eigenvalue weighted by molar-refractivity contribution is 0.312. The van der Waals surface area contributed by atoms with Crippen molar-refractivity contribution in [1.29, 1.82) is 0 Å². The third-order valence-corrected chi connectivity index (χ3v) is 6.53. The SMILES string of the molecule is C=C(NC)c1cncc(-c2ccc3cnc(NC)cc3c2)c1.C=Cc1ccnc(N2CCN(C)CC2)c1. The first-order valence-electron chi connectivity index (χ1n) is 12.4. The number of hydrogen-bond donors (Lipinski definition) is 2. The summed E-state index contributed by atoms with van der Waals surface area (Å²) in [7, 11) is 5.89. The van der Waals surface area contributed by atoms with Crippen LogP contribution in [0.4, 0.5) is 11.6 Å². The average Bonchev–Trinajstić information content (AvgIpc) is 2.97. The van der Waals surface area contributed by atoms with Crippen molar-refractivity contribution >= 4 is 34.2 Å². The van der Waals surface area contributed by atoms with Gasteiger partial charge in [-0.05, 0) is 53.9 Å². The number of likely N-dealkylation sites (N-methyl/N-ethyl adjacent to an activating group) is 1. The fraction of sp³-hybridized carbons (Fsp3) is 0.233. The zero-order chi connectivity index (χ0) is 26.2. The van der Waals surface area contributed by atoms with Crippen molar-refractivity contribution in [2.75, 3.05) is 57.5 Å². The second kappa shape index (κ2) is 12.1. The molecule has 0 amide bonds. The van der Waals surface area contributed by atoms with Gasteiger partial charge in [0.05, 0.1) is 0 Å². The Morgan fingerprint density at radius 2 is 1.70 bits per heavy atom. The largest absolute Gasteiger partial charge is 0.388 e. The van der Waals surface area contributed by atoms with Crippen LogP contribution in [-0.2, 0) is 0 Å². The molecule has 1 aliphatic rings. The first kappa shape index (κ1) is 25.9. The number of anilines is 2. The molecule has 7 heteroatoms. The van der Waals surface area contributed by atoms with E-state index in [1.54, 1.807) is 0 Å². The number of rotatable bonds is 6. The second-order valence-electron chi connectivity index (χ2n) is 9.01. The Balaban J connectivity index is 0.000000186. The van der Waals surface area contributed by atoms with Crippen LogP contribution in [0.5, 0.6) is 0 Å². The summed E-state index contributed by atoms with van der Waals surface area (Å²) in [6, 6.07) is 14.5. The monoisotopic (exact) mass is 493 g/mol. The Kier molecular flexibility index (Phi) is 8.48. The van der Waals surface area contributed by atoms with Crippen molar-refractivity contribution in [3.05, 3.63) is 91.5 Å². The molecule has 7 nitrogen and oxygen atoms in total. The van der Waals surface area contributed by atoms with Crippen molar-refractivity contribution in [2.45, 2.75) is 0 Å². The number of aromatic nitrogens is 3. The number of pyridine rings is 3. The van der Waals surface area contributed by atoms with Gasteiger partial charge in [0.1, 0.15) is 11.6 Å². The number of hydrogen-bond acceptors (Lipinski definition) is 7. The van der Waals surface area contributed by atoms with Gasteiger partial charge in [-0.25, -0.2) is 9.97 Å². The Hall–Kier alpha value is -4.23. The summed E-state index contributed by atoms with van der Waals surface area (Å²) in [5, 5.41) is 8.39. The minimum absolute atomic E-state index is 0.858. The van der Waals surface area contributed by atoms with E-state index in [0.29, 0.717) is 0 Å². The van der Waals surface area contributed by atoms with Crippen molar-refractivity contribution in [1.82, 2.24) is 25.2 Å². The van der Waals surface area contributed by atoms with Crippen molar-refractivity contribution < 1.29 is 0 Å². The van der Waals surface area contributed by atoms with Gasteiger partial charge in [-0.2, -0.15) is 0 Å². The molecule has 2 N–H and O–H groups in total. The maximum absolute atomic E-state index is 4.40. The zero-order valence-electron chi connectivity index (χ0n) is 21.9. The van der Waals surface area contributed by atoms with E-state index in [2.05, 4.69) is 85.9 Å². The molecule has 4 aromatic rings. The summed E-state index contributed by atoms with van der Waals surface area (Å²) in [5.74, 6) is 1.93. The van der Waals surface area contributed by atoms with E-state index in [1.165, 1.54) is 0 Å². The molecule has 4 heterocycles. The lowest BCUT2D eigenvalue weighted by atomic mass is 10.0. The van der Waals surface area contributed by atoms with E-state index in [9.17, 15) is 0 Å². The highest BCUT2D eigenvalue weighted by Gasteiger charge is 2.14. The highest BCUT2D eigenvalue weighted by atomic mass is 15.3. The van der Waals surface area contributed by atoms with Crippen LogP contribution in [-0.4, -0.2) is 67.2 Å². The first-order valence-corrected chi connectivity index (χ1v) is 12.4. The molecule has 0 radical (unpaired) electrons. The molecule has 0 bridgehead atoms. The van der Waals surface area contributed by atoms with Gasteiger partial charge < -0.3 is 20.4 Å². The summed E-state index contributed by atoms with van der Waals surface area (Å²) in [6.45, 7) is 12.1. The molecule has 3 aromatic heterocycles. The number of piperazine rings is 1. The van der Waals surface area contributed by atoms with Crippen molar-refractivity contribution in [3.8, 4) is 11.1 Å². The Morgan fingerprint density at radius 3 is 2.43 bits per heavy atom. The third-order valence-electron chi connectivity index (χ3n) is 6.53. The molecule has 5 rings (SSSR count). The zero-order valence-corrected chi connectivity index (χ0v) is 21.9. The van der Waals surface area contributed by atoms with Crippen LogP contribution < -0.4 is 15.5 Å². The summed E-state index contributed by atoms with van der Waals surface area (Å²) in [5.41, 5.74) is 5.18. The number of nitrogens with zero attached hydrogens (tertiary/aromatic N) is 5. The topological polar surface area (TPSA) is 69.2 Å². The second-order valence-corrected chi connectivity index (χ2v) is 9.01. The summed E-state index contributed by atoms with van der Waals surface area (Å²) in [4.78, 5) is 17.7. The van der Waals surface area contributed by atoms with Crippen LogP contribution in [0.15, 0.2) is 80.4 Å². The lowest BCUT2D eigenvalue weighted by Gasteiger charge is -2.33. The minimum Gasteiger partial charge on any atom is -0.388 e. The van der Waals surface area contributed by atoms with E-state index in [-0.39, 0.29) is 0 Å². The maximum Gasteiger partial charge on any atom is 0.129 e. The quantitative estimate of drug-likeness (QED) is 0.392. The molecule has 1 fully saturated rings. The molecule has 0 saturated carbocycles. The minimum atomic E-state index is 0.858. The molecular formula is C30H35N7. The molecule has 0 spiro atoms. The van der Waals surface area contributed by atoms with Gasteiger partial charge in [-0.1, -0.05) is 31.4 Å². The van der Waals surface area contributed by atoms with Gasteiger partial charge in [0, 0.05) is 87.3 Å². The number of fused-ring (bicyclic) bond motifs is 1. The Bertz CT molecular complexity index is 1370. The summed E-state index contributed by atoms with van der Waals surface area (Å²) in [6.07, 6.45) is 9.27. The average molecular weight is 494 g/mol. The number of nitrogens with one attached hydrogen (secondary N) is 2. The highest BCUT2D eigenvalue weighted by Crippen LogP contribution is 2.26. The Labute approximate surface area is 219 Å². The molecule has 37 heavy (non-hydrogen) atoms. The summed E-state index contributed by atoms with van der Waals surface area (Å²) >= 11 is 0. The number of benzene rings is 1. The molecule has 0 unspecified atom stereocenters. The van der Waals surface area contributed by atoms with Crippen LogP contribution >= 0.6 is 0 Å². The standard InChI is InChI=1S/C18H18N4.C12H17N3/c1-12(19-2)16-7-17(10-21-9-16)13-4-5-14-11-22-18(20-3)8-15(14)6-13;1-3-11-4-5-13-12(10-11)15-8-6-14(2)7-9-15/h4-11,19H,1H2,2-3H3,(H,20,22);3-5,10H,1,6-9H2,2H3. The van der Waals surface area contributed by atoms with Crippen LogP contribution in [0.3, 0.4) is 0 Å². The molecule has 1 saturated heterocycles. The van der Waals surface area contributed by atoms with Gasteiger partial charge in [0.25, 0.3) is 0 Å². The molecule has 0 aliphatic carbocycles. The van der Waals surface area contributed by atoms with Gasteiger partial charge >= 0.3 is 0 Å². The van der Waals surface area contributed by atoms with Gasteiger partial charge in [-0.15, -0.1) is 0 Å². The smallest absolute Gasteiger partial charge is 0.129 e. The highest BCUT2D eigenvalue weighted by molar-refractivity contribution is 5.88. The fourth-order valence-electron chi connectivity index (χ4n) is 4.13. The van der Waals surface area contributed by atoms with Crippen LogP contribution in [0.25, 0.3) is 33.7 Å². The van der Waals surface area contributed by atoms with Gasteiger partial charge in [0.15, 0.2) is 0 Å². The van der Waals surface area contributed by atoms with E-state index < -0.39 is 0 Å². The third kappa shape index (κ3) is 6.51. The van der Waals surface area contributed by atoms with E-state index in [4.69, 9.17) is 0 Å². The molecule has 1 aromatic carbocycles. The molecule has 1 aliphatic heterocycles. The fourth-order valence-corrected chi connectivity index (χ4v) is 4.13. The Morgan fingerprint density at radius 1 is 0.892 bits per heavy atom. The first-order chi connectivity index (χ1) is 18.0. The van der Waals surface area contributed by atoms with Crippen molar-refractivity contribution in [2.24, 2.45) is 0 Å².